The number of hydrogen-bond acceptors (Lipinski definition) is 5. The number of rotatable bonds is 11. The Labute approximate surface area is 224 Å². The van der Waals surface area contributed by atoms with E-state index in [1.165, 1.54) is 0 Å². The second kappa shape index (κ2) is 13.5. The fourth-order valence-corrected chi connectivity index (χ4v) is 5.30. The highest BCUT2D eigenvalue weighted by molar-refractivity contribution is 5.79. The number of likely N-dealkylation sites (tertiary alicyclic amines) is 1. The van der Waals surface area contributed by atoms with Crippen LogP contribution in [0.2, 0.25) is 0 Å². The minimum absolute atomic E-state index is 0.0311. The number of carbonyl (C=O) groups is 2. The maximum Gasteiger partial charge on any atom is 0.411 e. The number of unbranched alkanes of at least 4 members (excludes halogenated alkanes) is 1. The molecule has 37 heavy (non-hydrogen) atoms. The van der Waals surface area contributed by atoms with Gasteiger partial charge in [0.1, 0.15) is 11.4 Å². The fraction of sp³-hybridized carbons (Fsp3) is 0.733. The topological polar surface area (TPSA) is 88.1 Å². The Morgan fingerprint density at radius 3 is 2.24 bits per heavy atom. The Kier molecular flexibility index (Phi) is 11.3. The molecule has 0 spiro atoms. The molecule has 1 aromatic rings. The highest BCUT2D eigenvalue weighted by Crippen LogP contribution is 2.47. The van der Waals surface area contributed by atoms with Gasteiger partial charge < -0.3 is 19.9 Å². The number of hydrogen-bond donors (Lipinski definition) is 2. The summed E-state index contributed by atoms with van der Waals surface area (Å²) >= 11 is 0. The molecule has 210 valence electrons. The number of ether oxygens (including phenoxy) is 2. The van der Waals surface area contributed by atoms with Crippen LogP contribution in [0.4, 0.5) is 4.79 Å². The van der Waals surface area contributed by atoms with Crippen molar-refractivity contribution in [3.63, 3.8) is 0 Å². The van der Waals surface area contributed by atoms with Crippen molar-refractivity contribution < 1.29 is 24.2 Å². The summed E-state index contributed by atoms with van der Waals surface area (Å²) < 4.78 is 11.2. The van der Waals surface area contributed by atoms with Gasteiger partial charge in [-0.3, -0.25) is 9.69 Å². The highest BCUT2D eigenvalue weighted by Gasteiger charge is 2.50. The van der Waals surface area contributed by atoms with E-state index in [0.717, 1.165) is 24.2 Å². The average molecular weight is 519 g/mol. The van der Waals surface area contributed by atoms with E-state index in [4.69, 9.17) is 9.47 Å². The Balaban J connectivity index is 2.43. The molecular weight excluding hydrogens is 468 g/mol. The maximum atomic E-state index is 13.7. The zero-order chi connectivity index (χ0) is 27.9. The number of aliphatic hydroxyl groups is 1. The van der Waals surface area contributed by atoms with Crippen molar-refractivity contribution in [1.29, 1.82) is 0 Å². The quantitative estimate of drug-likeness (QED) is 0.353. The molecule has 0 bridgehead atoms. The molecule has 0 saturated carbocycles. The lowest BCUT2D eigenvalue weighted by Gasteiger charge is -2.36. The molecule has 0 aliphatic carbocycles. The molecule has 0 unspecified atom stereocenters. The normalized spacial score (nSPS) is 21.7. The third kappa shape index (κ3) is 8.36. The summed E-state index contributed by atoms with van der Waals surface area (Å²) in [5, 5.41) is 14.6. The first-order chi connectivity index (χ1) is 17.3. The first-order valence-electron chi connectivity index (χ1n) is 13.9. The van der Waals surface area contributed by atoms with Gasteiger partial charge in [0.2, 0.25) is 5.91 Å². The molecule has 1 aromatic carbocycles. The lowest BCUT2D eigenvalue weighted by Crippen LogP contribution is -2.48. The molecule has 7 nitrogen and oxygen atoms in total. The van der Waals surface area contributed by atoms with Crippen molar-refractivity contribution >= 4 is 12.0 Å². The van der Waals surface area contributed by atoms with Crippen molar-refractivity contribution in [2.45, 2.75) is 105 Å². The van der Waals surface area contributed by atoms with Crippen LogP contribution in [0.25, 0.3) is 0 Å². The molecule has 5 atom stereocenters. The monoisotopic (exact) mass is 518 g/mol. The summed E-state index contributed by atoms with van der Waals surface area (Å²) in [7, 11) is 1.63. The highest BCUT2D eigenvalue weighted by atomic mass is 16.6. The van der Waals surface area contributed by atoms with Crippen LogP contribution in [0, 0.1) is 23.7 Å². The Morgan fingerprint density at radius 1 is 1.14 bits per heavy atom. The molecule has 2 N–H and O–H groups in total. The number of carbonyl (C=O) groups excluding carboxylic acids is 2. The number of aliphatic hydroxyl groups excluding tert-OH is 1. The van der Waals surface area contributed by atoms with Gasteiger partial charge in [-0.15, -0.1) is 0 Å². The van der Waals surface area contributed by atoms with Crippen LogP contribution < -0.4 is 10.1 Å². The van der Waals surface area contributed by atoms with Crippen molar-refractivity contribution in [2.24, 2.45) is 23.7 Å². The molecule has 1 aliphatic heterocycles. The first-order valence-corrected chi connectivity index (χ1v) is 13.9. The van der Waals surface area contributed by atoms with E-state index in [-0.39, 0.29) is 35.6 Å². The molecule has 2 amide bonds. The lowest BCUT2D eigenvalue weighted by atomic mass is 9.82. The number of nitrogens with zero attached hydrogens (tertiary/aromatic N) is 1. The molecule has 1 fully saturated rings. The molecule has 1 heterocycles. The van der Waals surface area contributed by atoms with E-state index in [2.05, 4.69) is 26.1 Å². The first kappa shape index (κ1) is 30.9. The fourth-order valence-electron chi connectivity index (χ4n) is 5.30. The van der Waals surface area contributed by atoms with Crippen molar-refractivity contribution in [1.82, 2.24) is 10.2 Å². The van der Waals surface area contributed by atoms with Gasteiger partial charge in [-0.25, -0.2) is 4.79 Å². The zero-order valence-electron chi connectivity index (χ0n) is 24.4. The van der Waals surface area contributed by atoms with E-state index in [1.807, 2.05) is 58.9 Å². The largest absolute Gasteiger partial charge is 0.497 e. The van der Waals surface area contributed by atoms with Crippen LogP contribution in [-0.2, 0) is 9.53 Å². The van der Waals surface area contributed by atoms with E-state index < -0.39 is 23.8 Å². The smallest absolute Gasteiger partial charge is 0.411 e. The lowest BCUT2D eigenvalue weighted by molar-refractivity contribution is -0.127. The van der Waals surface area contributed by atoms with Gasteiger partial charge in [0.15, 0.2) is 0 Å². The van der Waals surface area contributed by atoms with Crippen LogP contribution in [0.15, 0.2) is 24.3 Å². The minimum Gasteiger partial charge on any atom is -0.497 e. The second-order valence-electron chi connectivity index (χ2n) is 12.1. The average Bonchev–Trinajstić information content (AvgIpc) is 3.22. The van der Waals surface area contributed by atoms with Crippen LogP contribution in [0.5, 0.6) is 5.75 Å². The summed E-state index contributed by atoms with van der Waals surface area (Å²) in [6, 6.07) is 7.07. The summed E-state index contributed by atoms with van der Waals surface area (Å²) in [5.74, 6) is 0.827. The van der Waals surface area contributed by atoms with Gasteiger partial charge in [-0.2, -0.15) is 0 Å². The second-order valence-corrected chi connectivity index (χ2v) is 12.1. The maximum absolute atomic E-state index is 13.7. The van der Waals surface area contributed by atoms with Gasteiger partial charge in [0, 0.05) is 12.5 Å². The van der Waals surface area contributed by atoms with Crippen molar-refractivity contribution in [3.8, 4) is 5.75 Å². The molecule has 1 aliphatic rings. The van der Waals surface area contributed by atoms with Gasteiger partial charge >= 0.3 is 6.09 Å². The number of nitrogens with one attached hydrogen (secondary N) is 1. The summed E-state index contributed by atoms with van der Waals surface area (Å²) in [5.41, 5.74) is 0.310. The Morgan fingerprint density at radius 2 is 1.76 bits per heavy atom. The predicted molar refractivity (Wildman–Crippen MR) is 147 cm³/mol. The van der Waals surface area contributed by atoms with E-state index in [0.29, 0.717) is 19.4 Å². The third-order valence-corrected chi connectivity index (χ3v) is 7.40. The third-order valence-electron chi connectivity index (χ3n) is 7.40. The van der Waals surface area contributed by atoms with Crippen molar-refractivity contribution in [3.05, 3.63) is 29.8 Å². The molecule has 1 saturated heterocycles. The number of benzene rings is 1. The molecule has 7 heteroatoms. The van der Waals surface area contributed by atoms with E-state index in [1.54, 1.807) is 12.0 Å². The number of methoxy groups -OCH3 is 1. The standard InChI is InChI=1S/C30H50N2O5/c1-10-11-16-31-28(34)24(20(4)5)18-26(33)25-17-23(19(2)3)27(21-12-14-22(36-9)15-13-21)32(25)29(35)37-30(6,7)8/h12-15,19-20,23-27,33H,10-11,16-18H2,1-9H3,(H,31,34)/t23-,24-,25-,26-,27+/m0/s1. The minimum atomic E-state index is -0.860. The zero-order valence-corrected chi connectivity index (χ0v) is 24.4. The van der Waals surface area contributed by atoms with Crippen molar-refractivity contribution in [2.75, 3.05) is 13.7 Å². The van der Waals surface area contributed by atoms with Gasteiger partial charge in [-0.1, -0.05) is 53.2 Å². The van der Waals surface area contributed by atoms with Gasteiger partial charge in [0.05, 0.1) is 25.3 Å². The molecular formula is C30H50N2O5. The Hall–Kier alpha value is -2.28. The van der Waals surface area contributed by atoms with E-state index >= 15 is 0 Å². The SMILES string of the molecule is CCCCNC(=O)[C@@H](C[C@H](O)[C@@H]1C[C@@H](C(C)C)[C@@H](c2ccc(OC)cc2)N1C(=O)OC(C)(C)C)C(C)C. The van der Waals surface area contributed by atoms with Crippen LogP contribution in [0.1, 0.15) is 92.7 Å². The summed E-state index contributed by atoms with van der Waals surface area (Å²) in [6.45, 7) is 16.6. The molecule has 0 aromatic heterocycles. The molecule has 2 rings (SSSR count). The number of amides is 2. The van der Waals surface area contributed by atoms with Gasteiger partial charge in [0.25, 0.3) is 0 Å². The predicted octanol–water partition coefficient (Wildman–Crippen LogP) is 5.96. The van der Waals surface area contributed by atoms with Gasteiger partial charge in [-0.05, 0) is 75.5 Å². The van der Waals surface area contributed by atoms with E-state index in [9.17, 15) is 14.7 Å². The summed E-state index contributed by atoms with van der Waals surface area (Å²) in [6.07, 6.45) is 1.56. The van der Waals surface area contributed by atoms with Crippen LogP contribution >= 0.6 is 0 Å². The molecule has 0 radical (unpaired) electrons. The van der Waals surface area contributed by atoms with Crippen LogP contribution in [0.3, 0.4) is 0 Å². The summed E-state index contributed by atoms with van der Waals surface area (Å²) in [4.78, 5) is 28.4. The van der Waals surface area contributed by atoms with Crippen LogP contribution in [-0.4, -0.2) is 53.4 Å². The Bertz CT molecular complexity index is 862.